The van der Waals surface area contributed by atoms with Crippen molar-refractivity contribution in [1.82, 2.24) is 9.55 Å². The minimum Gasteiger partial charge on any atom is -0.394 e. The van der Waals surface area contributed by atoms with E-state index >= 15 is 0 Å². The van der Waals surface area contributed by atoms with Gasteiger partial charge in [-0.1, -0.05) is 6.92 Å². The van der Waals surface area contributed by atoms with Gasteiger partial charge < -0.3 is 9.84 Å². The minimum absolute atomic E-state index is 0.0276. The number of rotatable bonds is 2. The van der Waals surface area contributed by atoms with Crippen molar-refractivity contribution in [1.29, 1.82) is 0 Å². The van der Waals surface area contributed by atoms with Gasteiger partial charge in [0.1, 0.15) is 6.23 Å². The fourth-order valence-electron chi connectivity index (χ4n) is 2.53. The molecular weight excluding hydrogens is 250 g/mol. The molecule has 0 spiro atoms. The maximum absolute atomic E-state index is 12.0. The molecule has 0 saturated carbocycles. The molecule has 2 aliphatic heterocycles. The molecule has 2 N–H and O–H groups in total. The van der Waals surface area contributed by atoms with E-state index in [1.165, 1.54) is 4.57 Å². The molecular formula is C12H17N3O4. The molecule has 1 saturated heterocycles. The van der Waals surface area contributed by atoms with Crippen molar-refractivity contribution in [2.75, 3.05) is 18.7 Å². The molecule has 2 aliphatic rings. The Bertz CT molecular complexity index is 530. The van der Waals surface area contributed by atoms with E-state index in [4.69, 9.17) is 9.57 Å². The zero-order valence-corrected chi connectivity index (χ0v) is 10.7. The van der Waals surface area contributed by atoms with Crippen molar-refractivity contribution in [2.24, 2.45) is 5.92 Å². The normalized spacial score (nSPS) is 29.9. The zero-order chi connectivity index (χ0) is 13.4. The number of hydrogen-bond acceptors (Lipinski definition) is 6. The van der Waals surface area contributed by atoms with Crippen LogP contribution in [0.4, 0.5) is 5.82 Å². The standard InChI is InChI=1S/C12H17N3O4/c1-7-4-10(19-9(7)6-16)15-5-8-2-3-18-14-11(8)13-12(15)17/h5,7,9-10,16H,2-4,6H2,1H3,(H,13,14,17)/t7-,9-,10-/m1/s1. The largest absolute Gasteiger partial charge is 0.394 e. The van der Waals surface area contributed by atoms with Crippen LogP contribution in [0.15, 0.2) is 11.0 Å². The molecule has 104 valence electrons. The third kappa shape index (κ3) is 2.24. The average Bonchev–Trinajstić information content (AvgIpc) is 2.79. The summed E-state index contributed by atoms with van der Waals surface area (Å²) in [5.41, 5.74) is 3.22. The molecule has 0 bridgehead atoms. The van der Waals surface area contributed by atoms with Crippen LogP contribution in [0, 0.1) is 5.92 Å². The van der Waals surface area contributed by atoms with Crippen LogP contribution >= 0.6 is 0 Å². The van der Waals surface area contributed by atoms with E-state index in [1.54, 1.807) is 6.20 Å². The molecule has 0 aliphatic carbocycles. The van der Waals surface area contributed by atoms with Gasteiger partial charge in [-0.05, 0) is 12.3 Å². The summed E-state index contributed by atoms with van der Waals surface area (Å²) in [7, 11) is 0. The molecule has 0 radical (unpaired) electrons. The Morgan fingerprint density at radius 2 is 2.47 bits per heavy atom. The number of nitrogens with zero attached hydrogens (tertiary/aromatic N) is 2. The van der Waals surface area contributed by atoms with Crippen LogP contribution < -0.4 is 11.2 Å². The van der Waals surface area contributed by atoms with Crippen LogP contribution in [-0.2, 0) is 16.0 Å². The molecule has 1 aromatic heterocycles. The maximum Gasteiger partial charge on any atom is 0.351 e. The first-order chi connectivity index (χ1) is 9.19. The molecule has 3 atom stereocenters. The summed E-state index contributed by atoms with van der Waals surface area (Å²) in [6, 6.07) is 0. The summed E-state index contributed by atoms with van der Waals surface area (Å²) >= 11 is 0. The van der Waals surface area contributed by atoms with Gasteiger partial charge in [0.15, 0.2) is 5.82 Å². The molecule has 7 nitrogen and oxygen atoms in total. The first-order valence-corrected chi connectivity index (χ1v) is 6.45. The van der Waals surface area contributed by atoms with Crippen LogP contribution in [0.1, 0.15) is 25.1 Å². The Kier molecular flexibility index (Phi) is 3.26. The molecule has 1 aromatic rings. The number of aliphatic hydroxyl groups is 1. The zero-order valence-electron chi connectivity index (χ0n) is 10.7. The van der Waals surface area contributed by atoms with Gasteiger partial charge in [0.2, 0.25) is 0 Å². The lowest BCUT2D eigenvalue weighted by molar-refractivity contribution is -0.0314. The summed E-state index contributed by atoms with van der Waals surface area (Å²) in [6.45, 7) is 2.53. The Hall–Kier alpha value is -1.44. The van der Waals surface area contributed by atoms with Crippen LogP contribution in [-0.4, -0.2) is 34.0 Å². The summed E-state index contributed by atoms with van der Waals surface area (Å²) < 4.78 is 7.21. The number of ether oxygens (including phenoxy) is 1. The molecule has 0 aromatic carbocycles. The molecule has 3 rings (SSSR count). The highest BCUT2D eigenvalue weighted by atomic mass is 16.6. The molecule has 19 heavy (non-hydrogen) atoms. The lowest BCUT2D eigenvalue weighted by Crippen LogP contribution is -2.31. The Labute approximate surface area is 110 Å². The van der Waals surface area contributed by atoms with Gasteiger partial charge in [-0.3, -0.25) is 9.40 Å². The first-order valence-electron chi connectivity index (χ1n) is 6.45. The third-order valence-corrected chi connectivity index (χ3v) is 3.70. The van der Waals surface area contributed by atoms with Crippen LogP contribution in [0.3, 0.4) is 0 Å². The highest BCUT2D eigenvalue weighted by Crippen LogP contribution is 2.32. The highest BCUT2D eigenvalue weighted by molar-refractivity contribution is 5.41. The summed E-state index contributed by atoms with van der Waals surface area (Å²) in [5, 5.41) is 9.21. The Balaban J connectivity index is 1.91. The summed E-state index contributed by atoms with van der Waals surface area (Å²) in [6.07, 6.45) is 2.63. The second-order valence-corrected chi connectivity index (χ2v) is 5.03. The van der Waals surface area contributed by atoms with Crippen molar-refractivity contribution in [3.05, 3.63) is 22.2 Å². The van der Waals surface area contributed by atoms with Gasteiger partial charge in [-0.2, -0.15) is 4.98 Å². The van der Waals surface area contributed by atoms with Gasteiger partial charge in [-0.25, -0.2) is 10.3 Å². The predicted molar refractivity (Wildman–Crippen MR) is 66.6 cm³/mol. The maximum atomic E-state index is 12.0. The molecule has 1 fully saturated rings. The quantitative estimate of drug-likeness (QED) is 0.788. The van der Waals surface area contributed by atoms with Gasteiger partial charge in [0.25, 0.3) is 0 Å². The molecule has 0 amide bonds. The van der Waals surface area contributed by atoms with Crippen molar-refractivity contribution in [3.8, 4) is 0 Å². The smallest absolute Gasteiger partial charge is 0.351 e. The van der Waals surface area contributed by atoms with Crippen LogP contribution in [0.25, 0.3) is 0 Å². The SMILES string of the molecule is C[C@@H]1C[C@H](n2cc3c(nc2=O)NOCC3)O[C@@H]1CO. The molecule has 0 unspecified atom stereocenters. The van der Waals surface area contributed by atoms with E-state index in [0.717, 1.165) is 5.56 Å². The van der Waals surface area contributed by atoms with Crippen molar-refractivity contribution >= 4 is 5.82 Å². The van der Waals surface area contributed by atoms with Gasteiger partial charge in [0.05, 0.1) is 19.3 Å². The number of aliphatic hydroxyl groups excluding tert-OH is 1. The number of anilines is 1. The van der Waals surface area contributed by atoms with Gasteiger partial charge in [-0.15, -0.1) is 0 Å². The number of hydrogen-bond donors (Lipinski definition) is 2. The fraction of sp³-hybridized carbons (Fsp3) is 0.667. The van der Waals surface area contributed by atoms with E-state index < -0.39 is 0 Å². The van der Waals surface area contributed by atoms with E-state index in [-0.39, 0.29) is 30.5 Å². The molecule has 3 heterocycles. The van der Waals surface area contributed by atoms with Crippen molar-refractivity contribution in [2.45, 2.75) is 32.1 Å². The first kappa shape index (κ1) is 12.6. The second kappa shape index (κ2) is 4.92. The monoisotopic (exact) mass is 267 g/mol. The Morgan fingerprint density at radius 1 is 1.63 bits per heavy atom. The average molecular weight is 267 g/mol. The second-order valence-electron chi connectivity index (χ2n) is 5.03. The summed E-state index contributed by atoms with van der Waals surface area (Å²) in [5.74, 6) is 0.705. The topological polar surface area (TPSA) is 85.6 Å². The minimum atomic E-state index is -0.368. The van der Waals surface area contributed by atoms with E-state index in [0.29, 0.717) is 25.3 Å². The van der Waals surface area contributed by atoms with E-state index in [2.05, 4.69) is 10.5 Å². The van der Waals surface area contributed by atoms with Crippen LogP contribution in [0.5, 0.6) is 0 Å². The Morgan fingerprint density at radius 3 is 3.21 bits per heavy atom. The van der Waals surface area contributed by atoms with Crippen molar-refractivity contribution in [3.63, 3.8) is 0 Å². The molecule has 7 heteroatoms. The third-order valence-electron chi connectivity index (χ3n) is 3.70. The number of aromatic nitrogens is 2. The van der Waals surface area contributed by atoms with Crippen molar-refractivity contribution < 1.29 is 14.7 Å². The van der Waals surface area contributed by atoms with E-state index in [9.17, 15) is 9.90 Å². The highest BCUT2D eigenvalue weighted by Gasteiger charge is 2.33. The van der Waals surface area contributed by atoms with Gasteiger partial charge in [0, 0.05) is 18.2 Å². The van der Waals surface area contributed by atoms with E-state index in [1.807, 2.05) is 6.92 Å². The lowest BCUT2D eigenvalue weighted by Gasteiger charge is -2.20. The van der Waals surface area contributed by atoms with Crippen LogP contribution in [0.2, 0.25) is 0 Å². The predicted octanol–water partition coefficient (Wildman–Crippen LogP) is 0.0588. The summed E-state index contributed by atoms with van der Waals surface area (Å²) in [4.78, 5) is 21.0. The number of fused-ring (bicyclic) bond motifs is 1. The van der Waals surface area contributed by atoms with Gasteiger partial charge >= 0.3 is 5.69 Å². The fourth-order valence-corrected chi connectivity index (χ4v) is 2.53. The lowest BCUT2D eigenvalue weighted by atomic mass is 10.0. The number of nitrogens with one attached hydrogen (secondary N) is 1.